The number of aliphatic hydroxyl groups excluding tert-OH is 2. The molecule has 6 heteroatoms. The SMILES string of the molecule is CC[C@@H](N)[C@@H]1CC[C@@H](N)[C@@H](C2[C@@H](C)C[C@@H](N)[C@H](O)[C@H]2O)O1. The van der Waals surface area contributed by atoms with Crippen LogP contribution < -0.4 is 17.2 Å². The van der Waals surface area contributed by atoms with Gasteiger partial charge in [0.05, 0.1) is 24.4 Å². The predicted molar refractivity (Wildman–Crippen MR) is 81.4 cm³/mol. The summed E-state index contributed by atoms with van der Waals surface area (Å²) < 4.78 is 6.15. The van der Waals surface area contributed by atoms with Crippen molar-refractivity contribution in [1.29, 1.82) is 0 Å². The minimum Gasteiger partial charge on any atom is -0.390 e. The van der Waals surface area contributed by atoms with Gasteiger partial charge in [-0.1, -0.05) is 13.8 Å². The molecular weight excluding hydrogens is 270 g/mol. The number of nitrogens with two attached hydrogens (primary N) is 3. The summed E-state index contributed by atoms with van der Waals surface area (Å²) in [4.78, 5) is 0. The molecule has 0 amide bonds. The summed E-state index contributed by atoms with van der Waals surface area (Å²) in [6, 6.07) is -0.531. The highest BCUT2D eigenvalue weighted by molar-refractivity contribution is 5.00. The Morgan fingerprint density at radius 1 is 1.14 bits per heavy atom. The van der Waals surface area contributed by atoms with Crippen molar-refractivity contribution in [3.05, 3.63) is 0 Å². The second kappa shape index (κ2) is 6.89. The molecule has 21 heavy (non-hydrogen) atoms. The molecule has 1 heterocycles. The average molecular weight is 301 g/mol. The number of hydrogen-bond acceptors (Lipinski definition) is 6. The smallest absolute Gasteiger partial charge is 0.0953 e. The topological polar surface area (TPSA) is 128 Å². The summed E-state index contributed by atoms with van der Waals surface area (Å²) in [5.41, 5.74) is 18.2. The molecule has 1 saturated carbocycles. The Morgan fingerprint density at radius 2 is 1.81 bits per heavy atom. The number of hydrogen-bond donors (Lipinski definition) is 5. The fraction of sp³-hybridized carbons (Fsp3) is 1.00. The molecule has 8 N–H and O–H groups in total. The van der Waals surface area contributed by atoms with Gasteiger partial charge in [0.1, 0.15) is 0 Å². The Labute approximate surface area is 127 Å². The van der Waals surface area contributed by atoms with Crippen LogP contribution >= 0.6 is 0 Å². The molecule has 0 bridgehead atoms. The molecule has 1 saturated heterocycles. The molecule has 1 aliphatic carbocycles. The maximum absolute atomic E-state index is 10.4. The first-order valence-electron chi connectivity index (χ1n) is 8.15. The first kappa shape index (κ1) is 17.1. The monoisotopic (exact) mass is 301 g/mol. The van der Waals surface area contributed by atoms with Crippen LogP contribution in [0.1, 0.15) is 39.5 Å². The van der Waals surface area contributed by atoms with Crippen LogP contribution in [0.5, 0.6) is 0 Å². The van der Waals surface area contributed by atoms with Crippen molar-refractivity contribution in [2.24, 2.45) is 29.0 Å². The molecule has 124 valence electrons. The Morgan fingerprint density at radius 3 is 2.43 bits per heavy atom. The van der Waals surface area contributed by atoms with E-state index in [1.165, 1.54) is 0 Å². The highest BCUT2D eigenvalue weighted by atomic mass is 16.5. The van der Waals surface area contributed by atoms with Crippen LogP contribution in [0.2, 0.25) is 0 Å². The second-order valence-electron chi connectivity index (χ2n) is 6.89. The van der Waals surface area contributed by atoms with Gasteiger partial charge in [-0.25, -0.2) is 0 Å². The van der Waals surface area contributed by atoms with E-state index in [1.54, 1.807) is 0 Å². The highest BCUT2D eigenvalue weighted by Gasteiger charge is 2.48. The van der Waals surface area contributed by atoms with Crippen LogP contribution in [0, 0.1) is 11.8 Å². The lowest BCUT2D eigenvalue weighted by Crippen LogP contribution is -2.62. The number of aliphatic hydroxyl groups is 2. The molecule has 0 aromatic heterocycles. The summed E-state index contributed by atoms with van der Waals surface area (Å²) in [6.45, 7) is 4.08. The first-order chi connectivity index (χ1) is 9.86. The lowest BCUT2D eigenvalue weighted by Gasteiger charge is -2.48. The Bertz CT molecular complexity index is 344. The molecule has 0 radical (unpaired) electrons. The molecule has 9 atom stereocenters. The van der Waals surface area contributed by atoms with Crippen LogP contribution in [0.25, 0.3) is 0 Å². The van der Waals surface area contributed by atoms with Gasteiger partial charge >= 0.3 is 0 Å². The zero-order valence-corrected chi connectivity index (χ0v) is 13.1. The summed E-state index contributed by atoms with van der Waals surface area (Å²) >= 11 is 0. The quantitative estimate of drug-likeness (QED) is 0.469. The maximum Gasteiger partial charge on any atom is 0.0953 e. The van der Waals surface area contributed by atoms with Gasteiger partial charge in [-0.05, 0) is 31.6 Å². The average Bonchev–Trinajstić information content (AvgIpc) is 2.46. The zero-order valence-electron chi connectivity index (χ0n) is 13.1. The Balaban J connectivity index is 2.13. The van der Waals surface area contributed by atoms with Crippen molar-refractivity contribution in [3.8, 4) is 0 Å². The summed E-state index contributed by atoms with van der Waals surface area (Å²) in [6.07, 6.45) is 1.11. The summed E-state index contributed by atoms with van der Waals surface area (Å²) in [5.74, 6) is -0.0345. The Kier molecular flexibility index (Phi) is 5.62. The summed E-state index contributed by atoms with van der Waals surface area (Å²) in [5, 5.41) is 20.5. The fourth-order valence-corrected chi connectivity index (χ4v) is 3.91. The van der Waals surface area contributed by atoms with E-state index in [9.17, 15) is 10.2 Å². The number of ether oxygens (including phenoxy) is 1. The molecule has 2 aliphatic rings. The van der Waals surface area contributed by atoms with E-state index in [0.29, 0.717) is 6.42 Å². The molecule has 0 aromatic rings. The van der Waals surface area contributed by atoms with E-state index in [-0.39, 0.29) is 42.2 Å². The van der Waals surface area contributed by atoms with Crippen LogP contribution in [-0.2, 0) is 4.74 Å². The molecule has 1 aliphatic heterocycles. The third-order valence-electron chi connectivity index (χ3n) is 5.35. The fourth-order valence-electron chi connectivity index (χ4n) is 3.91. The van der Waals surface area contributed by atoms with Crippen LogP contribution in [0.4, 0.5) is 0 Å². The minimum absolute atomic E-state index is 0.0109. The third kappa shape index (κ3) is 3.41. The Hall–Kier alpha value is -0.240. The van der Waals surface area contributed by atoms with Gasteiger partial charge < -0.3 is 32.2 Å². The highest BCUT2D eigenvalue weighted by Crippen LogP contribution is 2.37. The summed E-state index contributed by atoms with van der Waals surface area (Å²) in [7, 11) is 0. The van der Waals surface area contributed by atoms with Gasteiger partial charge in [-0.15, -0.1) is 0 Å². The molecule has 0 spiro atoms. The molecule has 0 aromatic carbocycles. The van der Waals surface area contributed by atoms with Gasteiger partial charge in [-0.3, -0.25) is 0 Å². The van der Waals surface area contributed by atoms with Crippen LogP contribution in [-0.4, -0.2) is 52.8 Å². The van der Waals surface area contributed by atoms with Crippen molar-refractivity contribution >= 4 is 0 Å². The molecular formula is C15H31N3O3. The van der Waals surface area contributed by atoms with E-state index in [2.05, 4.69) is 0 Å². The van der Waals surface area contributed by atoms with E-state index >= 15 is 0 Å². The maximum atomic E-state index is 10.4. The van der Waals surface area contributed by atoms with Gasteiger partial charge in [0, 0.05) is 24.0 Å². The van der Waals surface area contributed by atoms with Crippen molar-refractivity contribution in [1.82, 2.24) is 0 Å². The van der Waals surface area contributed by atoms with E-state index in [0.717, 1.165) is 19.3 Å². The van der Waals surface area contributed by atoms with Crippen molar-refractivity contribution in [2.45, 2.75) is 82.1 Å². The lowest BCUT2D eigenvalue weighted by atomic mass is 9.69. The number of rotatable bonds is 3. The zero-order chi connectivity index (χ0) is 15.7. The first-order valence-corrected chi connectivity index (χ1v) is 8.15. The van der Waals surface area contributed by atoms with Gasteiger partial charge in [-0.2, -0.15) is 0 Å². The third-order valence-corrected chi connectivity index (χ3v) is 5.35. The van der Waals surface area contributed by atoms with Crippen molar-refractivity contribution < 1.29 is 14.9 Å². The lowest BCUT2D eigenvalue weighted by molar-refractivity contribution is -0.166. The largest absolute Gasteiger partial charge is 0.390 e. The van der Waals surface area contributed by atoms with Gasteiger partial charge in [0.15, 0.2) is 0 Å². The molecule has 2 fully saturated rings. The van der Waals surface area contributed by atoms with Crippen molar-refractivity contribution in [3.63, 3.8) is 0 Å². The van der Waals surface area contributed by atoms with Gasteiger partial charge in [0.2, 0.25) is 0 Å². The minimum atomic E-state index is -0.915. The standard InChI is InChI=1S/C15H31N3O3/c1-3-8(16)11-5-4-9(17)15(21-11)12-7(2)6-10(18)13(19)14(12)20/h7-15,19-20H,3-6,16-18H2,1-2H3/t7-,8+,9+,10+,11-,12?,13-,14-,15-/m0/s1. The molecule has 6 nitrogen and oxygen atoms in total. The molecule has 2 rings (SSSR count). The van der Waals surface area contributed by atoms with E-state index < -0.39 is 12.2 Å². The normalized spacial score (nSPS) is 49.9. The van der Waals surface area contributed by atoms with Crippen LogP contribution in [0.15, 0.2) is 0 Å². The van der Waals surface area contributed by atoms with E-state index in [1.807, 2.05) is 13.8 Å². The predicted octanol–water partition coefficient (Wildman–Crippen LogP) is -0.696. The molecule has 1 unspecified atom stereocenters. The van der Waals surface area contributed by atoms with E-state index in [4.69, 9.17) is 21.9 Å². The second-order valence-corrected chi connectivity index (χ2v) is 6.89. The van der Waals surface area contributed by atoms with Crippen molar-refractivity contribution in [2.75, 3.05) is 0 Å². The van der Waals surface area contributed by atoms with Crippen LogP contribution in [0.3, 0.4) is 0 Å². The van der Waals surface area contributed by atoms with Gasteiger partial charge in [0.25, 0.3) is 0 Å².